The number of carboxylic acid groups (broad SMARTS) is 1. The maximum Gasteiger partial charge on any atom is 0.437 e. The molecule has 2 aromatic carbocycles. The number of piperidine rings is 1. The van der Waals surface area contributed by atoms with Gasteiger partial charge in [0.25, 0.3) is 17.8 Å². The molecule has 3 aromatic rings. The van der Waals surface area contributed by atoms with Crippen LogP contribution in [0.2, 0.25) is 0 Å². The van der Waals surface area contributed by atoms with Crippen LogP contribution in [0.1, 0.15) is 59.2 Å². The molecule has 0 saturated carbocycles. The summed E-state index contributed by atoms with van der Waals surface area (Å²) < 4.78 is 46.3. The number of carbonyl (C=O) groups is 3. The number of carboxylic acids is 1. The van der Waals surface area contributed by atoms with Crippen LogP contribution in [-0.2, 0) is 11.0 Å². The number of benzene rings is 2. The molecule has 2 heterocycles. The summed E-state index contributed by atoms with van der Waals surface area (Å²) in [6.45, 7) is 3.24. The molecule has 0 bridgehead atoms. The average molecular weight is 559 g/mol. The molecular formula is C28H29F3N4O5. The number of aliphatic carboxylic acids is 1. The van der Waals surface area contributed by atoms with Crippen molar-refractivity contribution in [2.24, 2.45) is 5.92 Å². The third-order valence-electron chi connectivity index (χ3n) is 6.49. The first-order valence-corrected chi connectivity index (χ1v) is 12.9. The van der Waals surface area contributed by atoms with Gasteiger partial charge >= 0.3 is 12.1 Å². The van der Waals surface area contributed by atoms with Gasteiger partial charge in [-0.15, -0.1) is 0 Å². The van der Waals surface area contributed by atoms with Crippen LogP contribution in [0.5, 0.6) is 0 Å². The lowest BCUT2D eigenvalue weighted by molar-refractivity contribution is -0.141. The van der Waals surface area contributed by atoms with Crippen molar-refractivity contribution in [2.75, 3.05) is 29.9 Å². The number of rotatable bonds is 9. The number of nitrogens with one attached hydrogen (secondary N) is 2. The number of alkyl halides is 3. The van der Waals surface area contributed by atoms with Gasteiger partial charge in [-0.2, -0.15) is 18.2 Å². The lowest BCUT2D eigenvalue weighted by atomic mass is 10.0. The van der Waals surface area contributed by atoms with E-state index in [9.17, 15) is 27.6 Å². The van der Waals surface area contributed by atoms with Gasteiger partial charge in [0.1, 0.15) is 0 Å². The van der Waals surface area contributed by atoms with Gasteiger partial charge in [-0.1, -0.05) is 31.2 Å². The molecule has 1 saturated heterocycles. The number of anilines is 2. The Morgan fingerprint density at radius 1 is 1.05 bits per heavy atom. The summed E-state index contributed by atoms with van der Waals surface area (Å²) in [4.78, 5) is 40.8. The number of aromatic nitrogens is 1. The Morgan fingerprint density at radius 3 is 2.30 bits per heavy atom. The van der Waals surface area contributed by atoms with E-state index in [0.717, 1.165) is 24.0 Å². The highest BCUT2D eigenvalue weighted by Crippen LogP contribution is 2.35. The molecule has 1 aliphatic rings. The Morgan fingerprint density at radius 2 is 1.70 bits per heavy atom. The molecule has 1 aromatic heterocycles. The van der Waals surface area contributed by atoms with Crippen molar-refractivity contribution >= 4 is 29.5 Å². The monoisotopic (exact) mass is 558 g/mol. The lowest BCUT2D eigenvalue weighted by Gasteiger charge is -2.29. The molecular weight excluding hydrogens is 529 g/mol. The molecule has 212 valence electrons. The number of halogens is 3. The number of carbonyl (C=O) groups excluding carboxylic acids is 2. The second kappa shape index (κ2) is 12.2. The highest BCUT2D eigenvalue weighted by Gasteiger charge is 2.42. The molecule has 12 heteroatoms. The summed E-state index contributed by atoms with van der Waals surface area (Å²) in [5.74, 6) is -2.91. The Bertz CT molecular complexity index is 1350. The first-order valence-electron chi connectivity index (χ1n) is 12.9. The minimum Gasteiger partial charge on any atom is -0.481 e. The molecule has 0 radical (unpaired) electrons. The molecule has 0 aliphatic carbocycles. The van der Waals surface area contributed by atoms with Gasteiger partial charge in [0.05, 0.1) is 0 Å². The predicted molar refractivity (Wildman–Crippen MR) is 141 cm³/mol. The molecule has 40 heavy (non-hydrogen) atoms. The number of oxazole rings is 1. The van der Waals surface area contributed by atoms with E-state index in [2.05, 4.69) is 15.6 Å². The second-order valence-corrected chi connectivity index (χ2v) is 9.73. The molecule has 4 rings (SSSR count). The van der Waals surface area contributed by atoms with Gasteiger partial charge in [-0.3, -0.25) is 14.4 Å². The number of nitrogens with zero attached hydrogens (tertiary/aromatic N) is 2. The molecule has 9 nitrogen and oxygen atoms in total. The van der Waals surface area contributed by atoms with Crippen LogP contribution in [0, 0.1) is 5.92 Å². The Labute approximate surface area is 228 Å². The summed E-state index contributed by atoms with van der Waals surface area (Å²) in [7, 11) is 0. The zero-order valence-electron chi connectivity index (χ0n) is 21.8. The SMILES string of the molecule is CC1CCCN(c2nc(C(F)(F)F)c(C(=O)Nc3ccc(-c4ccc(C(=O)NCCCC(=O)O)cc4)cc3)o2)C1. The van der Waals surface area contributed by atoms with Crippen LogP contribution in [0.15, 0.2) is 52.9 Å². The van der Waals surface area contributed by atoms with E-state index in [1.54, 1.807) is 53.4 Å². The van der Waals surface area contributed by atoms with Crippen molar-refractivity contribution in [1.29, 1.82) is 0 Å². The lowest BCUT2D eigenvalue weighted by Crippen LogP contribution is -2.34. The highest BCUT2D eigenvalue weighted by atomic mass is 19.4. The Kier molecular flexibility index (Phi) is 8.76. The Hall–Kier alpha value is -4.35. The van der Waals surface area contributed by atoms with Gasteiger partial charge in [0, 0.05) is 37.3 Å². The first kappa shape index (κ1) is 28.7. The number of hydrogen-bond donors (Lipinski definition) is 3. The van der Waals surface area contributed by atoms with Crippen LogP contribution in [0.3, 0.4) is 0 Å². The highest BCUT2D eigenvalue weighted by molar-refractivity contribution is 6.03. The smallest absolute Gasteiger partial charge is 0.437 e. The number of amides is 2. The maximum atomic E-state index is 13.7. The van der Waals surface area contributed by atoms with Gasteiger partial charge in [-0.05, 0) is 60.6 Å². The van der Waals surface area contributed by atoms with Crippen molar-refractivity contribution < 1.29 is 37.1 Å². The summed E-state index contributed by atoms with van der Waals surface area (Å²) in [5.41, 5.74) is 0.845. The minimum absolute atomic E-state index is 0.0312. The fourth-order valence-electron chi connectivity index (χ4n) is 4.44. The van der Waals surface area contributed by atoms with Crippen LogP contribution in [0.25, 0.3) is 11.1 Å². The fourth-order valence-corrected chi connectivity index (χ4v) is 4.44. The van der Waals surface area contributed by atoms with Gasteiger partial charge in [0.2, 0.25) is 5.76 Å². The zero-order chi connectivity index (χ0) is 28.9. The molecule has 1 atom stereocenters. The van der Waals surface area contributed by atoms with Gasteiger partial charge < -0.3 is 25.1 Å². The normalized spacial score (nSPS) is 15.5. The largest absolute Gasteiger partial charge is 0.481 e. The average Bonchev–Trinajstić information content (AvgIpc) is 3.38. The molecule has 1 aliphatic heterocycles. The van der Waals surface area contributed by atoms with E-state index in [1.165, 1.54) is 0 Å². The molecule has 2 amide bonds. The summed E-state index contributed by atoms with van der Waals surface area (Å²) >= 11 is 0. The Balaban J connectivity index is 1.41. The van der Waals surface area contributed by atoms with E-state index in [4.69, 9.17) is 9.52 Å². The van der Waals surface area contributed by atoms with Crippen molar-refractivity contribution in [3.8, 4) is 11.1 Å². The standard InChI is InChI=1S/C28H29F3N4O5/c1-17-4-3-15-35(16-17)27-34-24(28(29,30)31)23(40-27)26(39)33-21-12-10-19(11-13-21)18-6-8-20(9-7-18)25(38)32-14-2-5-22(36)37/h6-13,17H,2-5,14-16H2,1H3,(H,32,38)(H,33,39)(H,36,37). The quantitative estimate of drug-likeness (QED) is 0.299. The summed E-state index contributed by atoms with van der Waals surface area (Å²) in [6.07, 6.45) is -2.81. The summed E-state index contributed by atoms with van der Waals surface area (Å²) in [5, 5.41) is 13.8. The zero-order valence-corrected chi connectivity index (χ0v) is 21.8. The van der Waals surface area contributed by atoms with E-state index < -0.39 is 29.5 Å². The van der Waals surface area contributed by atoms with Crippen molar-refractivity contribution in [2.45, 2.75) is 38.8 Å². The van der Waals surface area contributed by atoms with Crippen LogP contribution in [-0.4, -0.2) is 47.5 Å². The van der Waals surface area contributed by atoms with Crippen LogP contribution in [0.4, 0.5) is 24.9 Å². The van der Waals surface area contributed by atoms with Crippen molar-refractivity contribution in [3.05, 3.63) is 65.5 Å². The van der Waals surface area contributed by atoms with Crippen LogP contribution >= 0.6 is 0 Å². The molecule has 0 spiro atoms. The third kappa shape index (κ3) is 7.19. The van der Waals surface area contributed by atoms with E-state index in [0.29, 0.717) is 25.1 Å². The van der Waals surface area contributed by atoms with Gasteiger partial charge in [-0.25, -0.2) is 0 Å². The van der Waals surface area contributed by atoms with Crippen molar-refractivity contribution in [1.82, 2.24) is 10.3 Å². The first-order chi connectivity index (χ1) is 19.0. The topological polar surface area (TPSA) is 125 Å². The van der Waals surface area contributed by atoms with E-state index >= 15 is 0 Å². The van der Waals surface area contributed by atoms with Crippen molar-refractivity contribution in [3.63, 3.8) is 0 Å². The fraction of sp³-hybridized carbons (Fsp3) is 0.357. The predicted octanol–water partition coefficient (Wildman–Crippen LogP) is 5.44. The molecule has 1 unspecified atom stereocenters. The third-order valence-corrected chi connectivity index (χ3v) is 6.49. The second-order valence-electron chi connectivity index (χ2n) is 9.73. The van der Waals surface area contributed by atoms with E-state index in [-0.39, 0.29) is 36.5 Å². The van der Waals surface area contributed by atoms with Gasteiger partial charge in [0.15, 0.2) is 5.69 Å². The van der Waals surface area contributed by atoms with E-state index in [1.807, 2.05) is 6.92 Å². The summed E-state index contributed by atoms with van der Waals surface area (Å²) in [6, 6.07) is 13.0. The minimum atomic E-state index is -4.86. The maximum absolute atomic E-state index is 13.7. The number of hydrogen-bond acceptors (Lipinski definition) is 6. The molecule has 1 fully saturated rings. The van der Waals surface area contributed by atoms with Crippen LogP contribution < -0.4 is 15.5 Å². The molecule has 3 N–H and O–H groups in total.